The van der Waals surface area contributed by atoms with Crippen LogP contribution in [-0.4, -0.2) is 126 Å². The van der Waals surface area contributed by atoms with E-state index in [1.165, 1.54) is 6.92 Å². The van der Waals surface area contributed by atoms with Crippen molar-refractivity contribution in [3.05, 3.63) is 71.4 Å². The van der Waals surface area contributed by atoms with Crippen LogP contribution in [0.3, 0.4) is 0 Å². The number of primary amides is 1. The zero-order valence-electron chi connectivity index (χ0n) is 43.4. The van der Waals surface area contributed by atoms with E-state index in [0.717, 1.165) is 35.2 Å². The van der Waals surface area contributed by atoms with Gasteiger partial charge in [-0.05, 0) is 100 Å². The number of ketones is 2. The number of benzene rings is 2. The van der Waals surface area contributed by atoms with E-state index in [2.05, 4.69) is 46.9 Å². The second-order valence-electron chi connectivity index (χ2n) is 19.1. The maximum atomic E-state index is 14.7. The Morgan fingerprint density at radius 1 is 0.756 bits per heavy atom. The number of guanidine groups is 2. The van der Waals surface area contributed by atoms with Gasteiger partial charge in [-0.2, -0.15) is 13.2 Å². The molecule has 0 saturated carbocycles. The number of fused-ring (bicyclic) bond motifs is 1. The first-order valence-corrected chi connectivity index (χ1v) is 25.6. The fourth-order valence-corrected chi connectivity index (χ4v) is 8.86. The van der Waals surface area contributed by atoms with Crippen molar-refractivity contribution in [2.45, 2.75) is 127 Å². The van der Waals surface area contributed by atoms with Gasteiger partial charge in [0.25, 0.3) is 0 Å². The van der Waals surface area contributed by atoms with Gasteiger partial charge in [0.05, 0.1) is 11.6 Å². The van der Waals surface area contributed by atoms with Crippen molar-refractivity contribution in [3.8, 4) is 0 Å². The summed E-state index contributed by atoms with van der Waals surface area (Å²) in [6.45, 7) is 1.03. The Labute approximate surface area is 448 Å². The standard InChI is InChI=1S/C51H72F3N15O9/c1-28(70)65-37(11-6-22-63-50(59)60)46(76)67-38-16-17-43(73)61-20-5-10-36(44(56)74)66-45(75)31(24-32-27-64-35-9-3-2-8-34(32)35)26-41(71)30(7-4-21-62-49(57)58)25-42(72)40(69-48(78)39(18-19-55)68-47(38)77)23-29-12-14-33(15-13-29)51(52,53)54/h2-3,8-9,12-15,27,30-31,36-40,64H,4-7,10-11,16-26,55H2,1H3,(H2,56,74)(H,61,73)(H,65,70)(H,66,75)(H,67,76)(H,68,77)(H,69,78)(H4,57,58,62)(H4,59,60,63)/t30-,31-,36+,37+,38+,39+,40-/m1/s1. The number of aromatic amines is 1. The molecular formula is C51H72F3N15O9. The zero-order chi connectivity index (χ0) is 57.5. The third kappa shape index (κ3) is 20.8. The van der Waals surface area contributed by atoms with E-state index in [1.807, 2.05) is 12.1 Å². The number of halogens is 3. The molecule has 426 valence electrons. The second-order valence-corrected chi connectivity index (χ2v) is 19.1. The molecule has 0 radical (unpaired) electrons. The largest absolute Gasteiger partial charge is 0.416 e. The topological polar surface area (TPSA) is 422 Å². The lowest BCUT2D eigenvalue weighted by Crippen LogP contribution is -2.58. The predicted molar refractivity (Wildman–Crippen MR) is 283 cm³/mol. The van der Waals surface area contributed by atoms with Crippen molar-refractivity contribution < 1.29 is 56.3 Å². The Morgan fingerprint density at radius 3 is 2.05 bits per heavy atom. The van der Waals surface area contributed by atoms with Gasteiger partial charge in [-0.1, -0.05) is 30.3 Å². The summed E-state index contributed by atoms with van der Waals surface area (Å²) in [6.07, 6.45) is -5.09. The molecule has 1 aliphatic rings. The molecule has 1 aliphatic heterocycles. The summed E-state index contributed by atoms with van der Waals surface area (Å²) < 4.78 is 41.0. The van der Waals surface area contributed by atoms with E-state index in [9.17, 15) is 56.3 Å². The lowest BCUT2D eigenvalue weighted by atomic mass is 9.83. The number of Topliss-reactive ketones (excluding diaryl/α,β-unsaturated/α-hetero) is 2. The minimum absolute atomic E-state index is 0.00376. The minimum Gasteiger partial charge on any atom is -0.370 e. The van der Waals surface area contributed by atoms with E-state index in [1.54, 1.807) is 18.3 Å². The van der Waals surface area contributed by atoms with Gasteiger partial charge in [0.2, 0.25) is 41.4 Å². The number of nitrogens with two attached hydrogens (primary N) is 6. The van der Waals surface area contributed by atoms with Crippen molar-refractivity contribution in [2.75, 3.05) is 26.2 Å². The van der Waals surface area contributed by atoms with Crippen LogP contribution in [0.1, 0.15) is 94.2 Å². The molecule has 4 rings (SSSR count). The number of amides is 7. The summed E-state index contributed by atoms with van der Waals surface area (Å²) in [6, 6.07) is 3.94. The highest BCUT2D eigenvalue weighted by Gasteiger charge is 2.36. The van der Waals surface area contributed by atoms with Gasteiger partial charge >= 0.3 is 6.18 Å². The molecule has 78 heavy (non-hydrogen) atoms. The van der Waals surface area contributed by atoms with Gasteiger partial charge in [0.1, 0.15) is 30.0 Å². The number of carbonyl (C=O) groups excluding carboxylic acids is 9. The summed E-state index contributed by atoms with van der Waals surface area (Å²) in [5.74, 6) is -9.72. The van der Waals surface area contributed by atoms with Crippen LogP contribution < -0.4 is 66.3 Å². The summed E-state index contributed by atoms with van der Waals surface area (Å²) in [5, 5.41) is 16.3. The summed E-state index contributed by atoms with van der Waals surface area (Å²) in [5.41, 5.74) is 34.2. The van der Waals surface area contributed by atoms with E-state index >= 15 is 0 Å². The molecule has 0 bridgehead atoms. The normalized spacial score (nSPS) is 21.2. The average Bonchev–Trinajstić information content (AvgIpc) is 3.79. The maximum absolute atomic E-state index is 14.7. The molecule has 7 atom stereocenters. The van der Waals surface area contributed by atoms with Gasteiger partial charge in [0, 0.05) is 74.8 Å². The third-order valence-electron chi connectivity index (χ3n) is 13.0. The van der Waals surface area contributed by atoms with Crippen LogP contribution >= 0.6 is 0 Å². The number of rotatable bonds is 18. The lowest BCUT2D eigenvalue weighted by molar-refractivity contribution is -0.137. The van der Waals surface area contributed by atoms with Crippen molar-refractivity contribution in [1.82, 2.24) is 36.9 Å². The number of alkyl halides is 3. The quantitative estimate of drug-likeness (QED) is 0.0422. The zero-order valence-corrected chi connectivity index (χ0v) is 43.4. The first kappa shape index (κ1) is 62.4. The minimum atomic E-state index is -4.71. The van der Waals surface area contributed by atoms with Crippen molar-refractivity contribution in [3.63, 3.8) is 0 Å². The molecule has 7 amide bonds. The van der Waals surface area contributed by atoms with Crippen molar-refractivity contribution in [2.24, 2.45) is 56.2 Å². The number of para-hydroxylation sites is 1. The number of H-pyrrole nitrogens is 1. The molecule has 24 nitrogen and oxygen atoms in total. The van der Waals surface area contributed by atoms with Gasteiger partial charge < -0.3 is 71.3 Å². The molecule has 0 unspecified atom stereocenters. The molecule has 1 saturated heterocycles. The van der Waals surface area contributed by atoms with Crippen LogP contribution in [-0.2, 0) is 62.2 Å². The fourth-order valence-electron chi connectivity index (χ4n) is 8.86. The third-order valence-corrected chi connectivity index (χ3v) is 13.0. The van der Waals surface area contributed by atoms with E-state index in [0.29, 0.717) is 5.56 Å². The average molecular weight is 1100 g/mol. The van der Waals surface area contributed by atoms with Gasteiger partial charge in [0.15, 0.2) is 17.7 Å². The number of hydrogen-bond acceptors (Lipinski definition) is 12. The van der Waals surface area contributed by atoms with Crippen LogP contribution in [0.15, 0.2) is 64.7 Å². The number of nitrogens with zero attached hydrogens (tertiary/aromatic N) is 2. The van der Waals surface area contributed by atoms with Crippen molar-refractivity contribution >= 4 is 75.7 Å². The Balaban J connectivity index is 1.80. The fraction of sp³-hybridized carbons (Fsp3) is 0.510. The van der Waals surface area contributed by atoms with Crippen LogP contribution in [0.25, 0.3) is 10.9 Å². The second kappa shape index (κ2) is 30.6. The Morgan fingerprint density at radius 2 is 1.41 bits per heavy atom. The first-order chi connectivity index (χ1) is 36.9. The highest BCUT2D eigenvalue weighted by molar-refractivity contribution is 5.98. The predicted octanol–water partition coefficient (Wildman–Crippen LogP) is -0.802. The highest BCUT2D eigenvalue weighted by Crippen LogP contribution is 2.30. The molecule has 3 aromatic rings. The van der Waals surface area contributed by atoms with E-state index in [-0.39, 0.29) is 101 Å². The lowest BCUT2D eigenvalue weighted by Gasteiger charge is -2.27. The molecule has 1 aromatic heterocycles. The summed E-state index contributed by atoms with van der Waals surface area (Å²) >= 11 is 0. The van der Waals surface area contributed by atoms with Crippen LogP contribution in [0, 0.1) is 11.8 Å². The molecule has 2 aromatic carbocycles. The first-order valence-electron chi connectivity index (χ1n) is 25.6. The Hall–Kier alpha value is -8.10. The summed E-state index contributed by atoms with van der Waals surface area (Å²) in [7, 11) is 0. The molecule has 0 spiro atoms. The molecule has 0 aliphatic carbocycles. The molecular weight excluding hydrogens is 1020 g/mol. The SMILES string of the molecule is CC(=O)N[C@@H](CCCN=C(N)N)C(=O)N[C@H]1CCC(=O)NCCC[C@@H](C(N)=O)NC(=O)[C@H](Cc2c[nH]c3ccccc23)CC(=O)[C@H](CCCN=C(N)N)CC(=O)[C@@H](Cc2ccc(C(F)(F)F)cc2)NC(=O)[C@H](CCN)NC1=O. The van der Waals surface area contributed by atoms with Crippen molar-refractivity contribution in [1.29, 1.82) is 0 Å². The maximum Gasteiger partial charge on any atom is 0.416 e. The monoisotopic (exact) mass is 1100 g/mol. The van der Waals surface area contributed by atoms with Gasteiger partial charge in [-0.25, -0.2) is 0 Å². The van der Waals surface area contributed by atoms with Gasteiger partial charge in [-0.15, -0.1) is 0 Å². The van der Waals surface area contributed by atoms with Crippen LogP contribution in [0.2, 0.25) is 0 Å². The molecule has 19 N–H and O–H groups in total. The highest BCUT2D eigenvalue weighted by atomic mass is 19.4. The number of nitrogens with one attached hydrogen (secondary N) is 7. The Bertz CT molecular complexity index is 2640. The van der Waals surface area contributed by atoms with Crippen LogP contribution in [0.5, 0.6) is 0 Å². The van der Waals surface area contributed by atoms with Crippen LogP contribution in [0.4, 0.5) is 13.2 Å². The number of carbonyl (C=O) groups is 9. The number of aromatic nitrogens is 1. The molecule has 2 heterocycles. The Kier molecular flexibility index (Phi) is 24.5. The van der Waals surface area contributed by atoms with Gasteiger partial charge in [-0.3, -0.25) is 53.1 Å². The number of aliphatic imine (C=N–C) groups is 2. The summed E-state index contributed by atoms with van der Waals surface area (Å²) in [4.78, 5) is 136. The smallest absolute Gasteiger partial charge is 0.370 e. The van der Waals surface area contributed by atoms with E-state index < -0.39 is 132 Å². The molecule has 1 fully saturated rings. The molecule has 27 heteroatoms. The van der Waals surface area contributed by atoms with E-state index in [4.69, 9.17) is 34.4 Å². The number of hydrogen-bond donors (Lipinski definition) is 13.